The van der Waals surface area contributed by atoms with E-state index in [0.29, 0.717) is 0 Å². The van der Waals surface area contributed by atoms with Gasteiger partial charge in [0.05, 0.1) is 24.2 Å². The van der Waals surface area contributed by atoms with Crippen molar-refractivity contribution in [2.24, 2.45) is 5.11 Å². The molecule has 68 valence electrons. The first-order valence-corrected chi connectivity index (χ1v) is 3.57. The van der Waals surface area contributed by atoms with E-state index in [2.05, 4.69) is 25.3 Å². The Morgan fingerprint density at radius 3 is 3.29 bits per heavy atom. The quantitative estimate of drug-likeness (QED) is 0.371. The van der Waals surface area contributed by atoms with Gasteiger partial charge >= 0.3 is 0 Å². The van der Waals surface area contributed by atoms with E-state index in [1.807, 2.05) is 0 Å². The van der Waals surface area contributed by atoms with Crippen molar-refractivity contribution in [3.05, 3.63) is 34.6 Å². The predicted molar refractivity (Wildman–Crippen MR) is 44.3 cm³/mol. The second-order valence-electron chi connectivity index (χ2n) is 2.33. The Morgan fingerprint density at radius 2 is 2.50 bits per heavy atom. The molecule has 0 atom stereocenters. The van der Waals surface area contributed by atoms with Crippen LogP contribution in [0, 0.1) is 0 Å². The lowest BCUT2D eigenvalue weighted by molar-refractivity contribution is 0.100. The van der Waals surface area contributed by atoms with E-state index in [1.165, 1.54) is 23.1 Å². The highest BCUT2D eigenvalue weighted by Gasteiger charge is 2.11. The zero-order valence-electron chi connectivity index (χ0n) is 6.77. The average Bonchev–Trinajstić information content (AvgIpc) is 2.61. The third-order valence-corrected chi connectivity index (χ3v) is 1.56. The van der Waals surface area contributed by atoms with Gasteiger partial charge in [-0.05, 0) is 10.6 Å². The van der Waals surface area contributed by atoms with Crippen LogP contribution in [0.15, 0.2) is 23.7 Å². The lowest BCUT2D eigenvalue weighted by Crippen LogP contribution is -1.96. The maximum absolute atomic E-state index is 11.2. The van der Waals surface area contributed by atoms with E-state index in [9.17, 15) is 4.79 Å². The van der Waals surface area contributed by atoms with Gasteiger partial charge in [0.25, 0.3) is 5.91 Å². The molecule has 8 nitrogen and oxygen atoms in total. The van der Waals surface area contributed by atoms with Gasteiger partial charge in [0.15, 0.2) is 5.65 Å². The van der Waals surface area contributed by atoms with Crippen molar-refractivity contribution < 1.29 is 4.79 Å². The molecule has 0 unspecified atom stereocenters. The molecule has 0 saturated carbocycles. The minimum atomic E-state index is -0.719. The number of azide groups is 1. The molecule has 0 saturated heterocycles. The van der Waals surface area contributed by atoms with Crippen LogP contribution in [0.2, 0.25) is 0 Å². The Bertz CT molecular complexity index is 538. The van der Waals surface area contributed by atoms with E-state index in [4.69, 9.17) is 5.53 Å². The van der Waals surface area contributed by atoms with E-state index in [1.54, 1.807) is 0 Å². The highest BCUT2D eigenvalue weighted by molar-refractivity contribution is 6.00. The number of amides is 1. The summed E-state index contributed by atoms with van der Waals surface area (Å²) in [5, 5.41) is 14.1. The van der Waals surface area contributed by atoms with Gasteiger partial charge in [-0.15, -0.1) is 5.10 Å². The lowest BCUT2D eigenvalue weighted by atomic mass is 10.3. The largest absolute Gasteiger partial charge is 0.287 e. The summed E-state index contributed by atoms with van der Waals surface area (Å²) in [6, 6.07) is 0. The molecule has 1 amide bonds. The molecule has 14 heavy (non-hydrogen) atoms. The molecule has 0 bridgehead atoms. The number of hydrogen-bond donors (Lipinski definition) is 0. The third kappa shape index (κ3) is 1.15. The molecule has 0 N–H and O–H groups in total. The van der Waals surface area contributed by atoms with Gasteiger partial charge in [-0.25, -0.2) is 4.52 Å². The van der Waals surface area contributed by atoms with E-state index >= 15 is 0 Å². The smallest absolute Gasteiger partial charge is 0.254 e. The predicted octanol–water partition coefficient (Wildman–Crippen LogP) is 0.575. The van der Waals surface area contributed by atoms with Crippen LogP contribution in [0.4, 0.5) is 0 Å². The van der Waals surface area contributed by atoms with Crippen molar-refractivity contribution in [2.45, 2.75) is 0 Å². The molecule has 8 heteroatoms. The topological polar surface area (TPSA) is 109 Å². The van der Waals surface area contributed by atoms with Crippen LogP contribution in [0.25, 0.3) is 16.1 Å². The van der Waals surface area contributed by atoms with Gasteiger partial charge in [0.2, 0.25) is 0 Å². The summed E-state index contributed by atoms with van der Waals surface area (Å²) in [7, 11) is 0. The molecular weight excluding hydrogens is 186 g/mol. The minimum Gasteiger partial charge on any atom is -0.287 e. The maximum atomic E-state index is 11.2. The molecule has 2 rings (SSSR count). The van der Waals surface area contributed by atoms with Gasteiger partial charge in [-0.3, -0.25) is 4.79 Å². The number of aromatic nitrogens is 4. The van der Waals surface area contributed by atoms with Crippen LogP contribution in [-0.2, 0) is 0 Å². The molecule has 0 spiro atoms. The first kappa shape index (κ1) is 8.14. The molecule has 0 radical (unpaired) electrons. The van der Waals surface area contributed by atoms with E-state index < -0.39 is 5.91 Å². The zero-order chi connectivity index (χ0) is 9.97. The van der Waals surface area contributed by atoms with Crippen LogP contribution in [0.1, 0.15) is 10.4 Å². The van der Waals surface area contributed by atoms with Crippen molar-refractivity contribution in [3.63, 3.8) is 0 Å². The number of hydrogen-bond acceptors (Lipinski definition) is 4. The fourth-order valence-corrected chi connectivity index (χ4v) is 0.991. The molecule has 2 aromatic rings. The Balaban J connectivity index is 2.64. The summed E-state index contributed by atoms with van der Waals surface area (Å²) in [5.41, 5.74) is 8.49. The van der Waals surface area contributed by atoms with E-state index in [0.717, 1.165) is 0 Å². The maximum Gasteiger partial charge on any atom is 0.254 e. The Kier molecular flexibility index (Phi) is 1.81. The van der Waals surface area contributed by atoms with Crippen molar-refractivity contribution in [3.8, 4) is 0 Å². The summed E-state index contributed by atoms with van der Waals surface area (Å²) < 4.78 is 1.37. The number of carbonyl (C=O) groups excluding carboxylic acids is 1. The summed E-state index contributed by atoms with van der Waals surface area (Å²) in [6.07, 6.45) is 4.25. The molecule has 2 aromatic heterocycles. The van der Waals surface area contributed by atoms with Crippen LogP contribution in [-0.4, -0.2) is 25.7 Å². The second-order valence-corrected chi connectivity index (χ2v) is 2.33. The van der Waals surface area contributed by atoms with Gasteiger partial charge in [-0.2, -0.15) is 10.2 Å². The van der Waals surface area contributed by atoms with Crippen LogP contribution in [0.5, 0.6) is 0 Å². The van der Waals surface area contributed by atoms with Crippen LogP contribution in [0.3, 0.4) is 0 Å². The van der Waals surface area contributed by atoms with Crippen LogP contribution < -0.4 is 0 Å². The molecule has 0 aliphatic rings. The van der Waals surface area contributed by atoms with Gasteiger partial charge in [0.1, 0.15) is 0 Å². The first-order chi connectivity index (χ1) is 6.83. The Labute approximate surface area is 76.8 Å². The number of fused-ring (bicyclic) bond motifs is 1. The third-order valence-electron chi connectivity index (χ3n) is 1.56. The molecule has 0 aliphatic heterocycles. The summed E-state index contributed by atoms with van der Waals surface area (Å²) >= 11 is 0. The molecule has 0 aliphatic carbocycles. The number of rotatable bonds is 1. The number of nitrogens with zero attached hydrogens (tertiary/aromatic N) is 7. The highest BCUT2D eigenvalue weighted by atomic mass is 16.1. The fraction of sp³-hybridized carbons (Fsp3) is 0. The van der Waals surface area contributed by atoms with Crippen molar-refractivity contribution >= 4 is 11.6 Å². The second kappa shape index (κ2) is 3.11. The van der Waals surface area contributed by atoms with Crippen molar-refractivity contribution in [1.82, 2.24) is 19.8 Å². The Morgan fingerprint density at radius 1 is 1.64 bits per heavy atom. The SMILES string of the molecule is [N-]=[N+]=NC(=O)c1cnn2ccnnc12. The van der Waals surface area contributed by atoms with E-state index in [-0.39, 0.29) is 11.2 Å². The monoisotopic (exact) mass is 189 g/mol. The Hall–Kier alpha value is -2.47. The van der Waals surface area contributed by atoms with Crippen LogP contribution >= 0.6 is 0 Å². The van der Waals surface area contributed by atoms with Gasteiger partial charge < -0.3 is 0 Å². The average molecular weight is 189 g/mol. The molecule has 0 fully saturated rings. The normalized spacial score (nSPS) is 9.71. The molecule has 2 heterocycles. The standard InChI is InChI=1S/C6H3N7O/c7-12-11-6(14)4-3-9-13-2-1-8-10-5(4)13/h1-3H. The summed E-state index contributed by atoms with van der Waals surface area (Å²) in [6.45, 7) is 0. The first-order valence-electron chi connectivity index (χ1n) is 3.57. The van der Waals surface area contributed by atoms with Gasteiger partial charge in [0, 0.05) is 4.91 Å². The minimum absolute atomic E-state index is 0.135. The summed E-state index contributed by atoms with van der Waals surface area (Å²) in [4.78, 5) is 13.6. The fourth-order valence-electron chi connectivity index (χ4n) is 0.991. The number of carbonyl (C=O) groups is 1. The van der Waals surface area contributed by atoms with Crippen molar-refractivity contribution in [2.75, 3.05) is 0 Å². The van der Waals surface area contributed by atoms with Gasteiger partial charge in [-0.1, -0.05) is 0 Å². The lowest BCUT2D eigenvalue weighted by Gasteiger charge is -1.89. The van der Waals surface area contributed by atoms with Crippen molar-refractivity contribution in [1.29, 1.82) is 0 Å². The highest BCUT2D eigenvalue weighted by Crippen LogP contribution is 2.07. The zero-order valence-corrected chi connectivity index (χ0v) is 6.77. The summed E-state index contributed by atoms with van der Waals surface area (Å²) in [5.74, 6) is -0.719. The molecule has 0 aromatic carbocycles. The molecular formula is C6H3N7O.